The van der Waals surface area contributed by atoms with Crippen LogP contribution in [-0.4, -0.2) is 34.7 Å². The minimum Gasteiger partial charge on any atom is -0.371 e. The smallest absolute Gasteiger partial charge is 0.329 e. The fraction of sp³-hybridized carbons (Fsp3) is 0.333. The second-order valence-corrected chi connectivity index (χ2v) is 7.30. The van der Waals surface area contributed by atoms with Crippen LogP contribution in [0.15, 0.2) is 53.3 Å². The summed E-state index contributed by atoms with van der Waals surface area (Å²) in [5.74, 6) is -0.0765. The number of halogens is 1. The number of amides is 1. The van der Waals surface area contributed by atoms with Gasteiger partial charge < -0.3 is 10.2 Å². The molecule has 2 heterocycles. The summed E-state index contributed by atoms with van der Waals surface area (Å²) in [6.07, 6.45) is 0.964. The largest absolute Gasteiger partial charge is 0.371 e. The van der Waals surface area contributed by atoms with Crippen molar-refractivity contribution in [3.63, 3.8) is 0 Å². The number of rotatable bonds is 5. The summed E-state index contributed by atoms with van der Waals surface area (Å²) in [6.45, 7) is 2.28. The highest BCUT2D eigenvalue weighted by molar-refractivity contribution is 5.80. The van der Waals surface area contributed by atoms with Crippen LogP contribution in [-0.2, 0) is 18.4 Å². The summed E-state index contributed by atoms with van der Waals surface area (Å²) in [4.78, 5) is 27.0. The second-order valence-electron chi connectivity index (χ2n) is 7.30. The summed E-state index contributed by atoms with van der Waals surface area (Å²) >= 11 is 0. The number of anilines is 1. The number of benzene rings is 2. The monoisotopic (exact) mass is 382 g/mol. The zero-order valence-electron chi connectivity index (χ0n) is 15.8. The Bertz CT molecular complexity index is 1050. The first-order valence-electron chi connectivity index (χ1n) is 9.44. The second kappa shape index (κ2) is 7.50. The third-order valence-corrected chi connectivity index (χ3v) is 5.42. The number of nitrogens with zero attached hydrogens (tertiary/aromatic N) is 3. The predicted molar refractivity (Wildman–Crippen MR) is 107 cm³/mol. The Balaban J connectivity index is 1.35. The summed E-state index contributed by atoms with van der Waals surface area (Å²) < 4.78 is 16.1. The molecule has 1 fully saturated rings. The van der Waals surface area contributed by atoms with Crippen LogP contribution >= 0.6 is 0 Å². The molecule has 0 saturated carbocycles. The van der Waals surface area contributed by atoms with Crippen LogP contribution in [0.25, 0.3) is 11.0 Å². The Labute approximate surface area is 162 Å². The van der Waals surface area contributed by atoms with E-state index in [9.17, 15) is 14.0 Å². The standard InChI is InChI=1S/C21H23FN4O2/c1-24-18-4-2-3-5-19(18)26(21(24)28)14-20(27)23-12-15-10-11-25(13-15)17-8-6-16(22)7-9-17/h2-9,15H,10-14H2,1H3,(H,23,27). The number of aromatic nitrogens is 2. The molecule has 1 unspecified atom stereocenters. The number of carbonyl (C=O) groups excluding carboxylic acids is 1. The highest BCUT2D eigenvalue weighted by atomic mass is 19.1. The van der Waals surface area contributed by atoms with Crippen LogP contribution in [0.5, 0.6) is 0 Å². The van der Waals surface area contributed by atoms with Crippen molar-refractivity contribution in [2.45, 2.75) is 13.0 Å². The molecule has 146 valence electrons. The van der Waals surface area contributed by atoms with Gasteiger partial charge in [-0.15, -0.1) is 0 Å². The van der Waals surface area contributed by atoms with Crippen molar-refractivity contribution >= 4 is 22.6 Å². The van der Waals surface area contributed by atoms with Crippen molar-refractivity contribution < 1.29 is 9.18 Å². The van der Waals surface area contributed by atoms with Crippen molar-refractivity contribution in [2.24, 2.45) is 13.0 Å². The van der Waals surface area contributed by atoms with Gasteiger partial charge in [-0.25, -0.2) is 9.18 Å². The Hall–Kier alpha value is -3.09. The molecule has 1 aliphatic rings. The molecular weight excluding hydrogens is 359 g/mol. The Kier molecular flexibility index (Phi) is 4.90. The highest BCUT2D eigenvalue weighted by Gasteiger charge is 2.23. The lowest BCUT2D eigenvalue weighted by Crippen LogP contribution is -2.36. The van der Waals surface area contributed by atoms with Crippen LogP contribution < -0.4 is 15.9 Å². The summed E-state index contributed by atoms with van der Waals surface area (Å²) in [5, 5.41) is 2.96. The lowest BCUT2D eigenvalue weighted by Gasteiger charge is -2.18. The normalized spacial score (nSPS) is 16.6. The lowest BCUT2D eigenvalue weighted by molar-refractivity contribution is -0.121. The molecule has 28 heavy (non-hydrogen) atoms. The molecular formula is C21H23FN4O2. The zero-order chi connectivity index (χ0) is 19.7. The van der Waals surface area contributed by atoms with E-state index in [1.807, 2.05) is 24.3 Å². The molecule has 7 heteroatoms. The molecule has 1 amide bonds. The molecule has 1 aromatic heterocycles. The van der Waals surface area contributed by atoms with Crippen molar-refractivity contribution in [1.82, 2.24) is 14.5 Å². The number of hydrogen-bond acceptors (Lipinski definition) is 3. The lowest BCUT2D eigenvalue weighted by atomic mass is 10.1. The minimum absolute atomic E-state index is 0.00851. The first-order valence-corrected chi connectivity index (χ1v) is 9.44. The van der Waals surface area contributed by atoms with Gasteiger partial charge in [0.05, 0.1) is 11.0 Å². The molecule has 4 rings (SSSR count). The number of nitrogens with one attached hydrogen (secondary N) is 1. The van der Waals surface area contributed by atoms with Gasteiger partial charge in [-0.1, -0.05) is 12.1 Å². The number of imidazole rings is 1. The molecule has 1 aliphatic heterocycles. The van der Waals surface area contributed by atoms with E-state index in [1.54, 1.807) is 23.7 Å². The van der Waals surface area contributed by atoms with Crippen molar-refractivity contribution in [3.05, 3.63) is 64.8 Å². The first kappa shape index (κ1) is 18.3. The summed E-state index contributed by atoms with van der Waals surface area (Å²) in [5.41, 5.74) is 2.37. The van der Waals surface area contributed by atoms with E-state index in [0.717, 1.165) is 36.2 Å². The summed E-state index contributed by atoms with van der Waals surface area (Å²) in [7, 11) is 1.71. The van der Waals surface area contributed by atoms with E-state index in [1.165, 1.54) is 16.7 Å². The topological polar surface area (TPSA) is 59.3 Å². The minimum atomic E-state index is -0.240. The number of aryl methyl sites for hydroxylation is 1. The van der Waals surface area contributed by atoms with Crippen LogP contribution in [0.2, 0.25) is 0 Å². The molecule has 1 saturated heterocycles. The zero-order valence-corrected chi connectivity index (χ0v) is 15.8. The fourth-order valence-corrected chi connectivity index (χ4v) is 3.86. The molecule has 1 atom stereocenters. The van der Waals surface area contributed by atoms with Crippen molar-refractivity contribution in [2.75, 3.05) is 24.5 Å². The van der Waals surface area contributed by atoms with Crippen molar-refractivity contribution in [3.8, 4) is 0 Å². The highest BCUT2D eigenvalue weighted by Crippen LogP contribution is 2.23. The average molecular weight is 382 g/mol. The van der Waals surface area contributed by atoms with Gasteiger partial charge in [0.2, 0.25) is 5.91 Å². The average Bonchev–Trinajstić information content (AvgIpc) is 3.27. The maximum atomic E-state index is 13.1. The quantitative estimate of drug-likeness (QED) is 0.735. The van der Waals surface area contributed by atoms with Gasteiger partial charge in [0.15, 0.2) is 0 Å². The van der Waals surface area contributed by atoms with Gasteiger partial charge >= 0.3 is 5.69 Å². The third kappa shape index (κ3) is 3.52. The van der Waals surface area contributed by atoms with E-state index >= 15 is 0 Å². The van der Waals surface area contributed by atoms with Gasteiger partial charge in [0.25, 0.3) is 0 Å². The summed E-state index contributed by atoms with van der Waals surface area (Å²) in [6, 6.07) is 13.9. The predicted octanol–water partition coefficient (Wildman–Crippen LogP) is 2.12. The Morgan fingerprint density at radius 1 is 1.14 bits per heavy atom. The van der Waals surface area contributed by atoms with Crippen LogP contribution in [0, 0.1) is 11.7 Å². The maximum absolute atomic E-state index is 13.1. The van der Waals surface area contributed by atoms with Crippen LogP contribution in [0.3, 0.4) is 0 Å². The molecule has 3 aromatic rings. The first-order chi connectivity index (χ1) is 13.5. The Morgan fingerprint density at radius 2 is 1.86 bits per heavy atom. The molecule has 0 radical (unpaired) electrons. The number of hydrogen-bond donors (Lipinski definition) is 1. The van der Waals surface area contributed by atoms with E-state index in [2.05, 4.69) is 10.2 Å². The number of fused-ring (bicyclic) bond motifs is 1. The number of para-hydroxylation sites is 2. The van der Waals surface area contributed by atoms with Crippen LogP contribution in [0.1, 0.15) is 6.42 Å². The van der Waals surface area contributed by atoms with Gasteiger partial charge in [0.1, 0.15) is 12.4 Å². The van der Waals surface area contributed by atoms with Gasteiger partial charge in [-0.05, 0) is 48.7 Å². The molecule has 0 aliphatic carbocycles. The molecule has 2 aromatic carbocycles. The Morgan fingerprint density at radius 3 is 2.61 bits per heavy atom. The fourth-order valence-electron chi connectivity index (χ4n) is 3.86. The molecule has 1 N–H and O–H groups in total. The molecule has 0 bridgehead atoms. The van der Waals surface area contributed by atoms with Crippen molar-refractivity contribution in [1.29, 1.82) is 0 Å². The third-order valence-electron chi connectivity index (χ3n) is 5.42. The molecule has 0 spiro atoms. The number of carbonyl (C=O) groups is 1. The molecule has 6 nitrogen and oxygen atoms in total. The van der Waals surface area contributed by atoms with Gasteiger partial charge in [-0.2, -0.15) is 0 Å². The SMILES string of the molecule is Cn1c(=O)n(CC(=O)NCC2CCN(c3ccc(F)cc3)C2)c2ccccc21. The van der Waals surface area contributed by atoms with Crippen LogP contribution in [0.4, 0.5) is 10.1 Å². The van der Waals surface area contributed by atoms with E-state index in [4.69, 9.17) is 0 Å². The van der Waals surface area contributed by atoms with E-state index in [-0.39, 0.29) is 24.0 Å². The van der Waals surface area contributed by atoms with Gasteiger partial charge in [-0.3, -0.25) is 13.9 Å². The maximum Gasteiger partial charge on any atom is 0.329 e. The van der Waals surface area contributed by atoms with Gasteiger partial charge in [0, 0.05) is 32.4 Å². The van der Waals surface area contributed by atoms with E-state index < -0.39 is 0 Å². The van der Waals surface area contributed by atoms with E-state index in [0.29, 0.717) is 12.5 Å².